The smallest absolute Gasteiger partial charge is 0.339 e. The maximum atomic E-state index is 13.2. The Morgan fingerprint density at radius 3 is 1.88 bits per heavy atom. The van der Waals surface area contributed by atoms with Crippen LogP contribution in [0.2, 0.25) is 0 Å². The highest BCUT2D eigenvalue weighted by atomic mass is 32.2. The van der Waals surface area contributed by atoms with Gasteiger partial charge in [0.15, 0.2) is 10.9 Å². The van der Waals surface area contributed by atoms with Crippen LogP contribution >= 0.6 is 11.8 Å². The number of benzene rings is 8. The summed E-state index contributed by atoms with van der Waals surface area (Å²) in [5.74, 6) is -3.59. The highest BCUT2D eigenvalue weighted by Gasteiger charge is 2.27. The predicted molar refractivity (Wildman–Crippen MR) is 302 cm³/mol. The number of aryl methyl sites for hydroxylation is 1. The number of phenolic OH excluding ortho intramolecular Hbond substituents is 1. The molecule has 0 bridgehead atoms. The fraction of sp³-hybridized carbons (Fsp3) is 0.0588. The largest absolute Gasteiger partial charge is 0.507 e. The van der Waals surface area contributed by atoms with Gasteiger partial charge in [0.1, 0.15) is 43.9 Å². The number of aromatic hydroxyl groups is 2. The molecule has 0 fully saturated rings. The lowest BCUT2D eigenvalue weighted by Gasteiger charge is -2.16. The van der Waals surface area contributed by atoms with E-state index in [1.165, 1.54) is 30.3 Å². The summed E-state index contributed by atoms with van der Waals surface area (Å²) in [5, 5.41) is 60.7. The van der Waals surface area contributed by atoms with Gasteiger partial charge in [0.25, 0.3) is 40.5 Å². The van der Waals surface area contributed by atoms with Gasteiger partial charge in [-0.05, 0) is 134 Å². The molecule has 0 saturated heterocycles. The molecule has 28 nitrogen and oxygen atoms in total. The van der Waals surface area contributed by atoms with Crippen LogP contribution in [0, 0.1) is 6.92 Å². The summed E-state index contributed by atoms with van der Waals surface area (Å²) in [6.45, 7) is 2.99. The van der Waals surface area contributed by atoms with E-state index in [4.69, 9.17) is 4.74 Å². The molecule has 33 heteroatoms. The molecule has 0 aliphatic heterocycles. The molecule has 84 heavy (non-hydrogen) atoms. The van der Waals surface area contributed by atoms with Crippen molar-refractivity contribution in [1.82, 2.24) is 15.0 Å². The van der Waals surface area contributed by atoms with Gasteiger partial charge < -0.3 is 30.7 Å². The van der Waals surface area contributed by atoms with Crippen LogP contribution in [-0.2, 0) is 40.5 Å². The Morgan fingerprint density at radius 2 is 1.23 bits per heavy atom. The van der Waals surface area contributed by atoms with Crippen molar-refractivity contribution in [2.24, 2.45) is 30.7 Å². The zero-order chi connectivity index (χ0) is 60.5. The predicted octanol–water partition coefficient (Wildman–Crippen LogP) is 11.9. The van der Waals surface area contributed by atoms with E-state index in [2.05, 4.69) is 56.3 Å². The van der Waals surface area contributed by atoms with Crippen LogP contribution in [0.5, 0.6) is 17.2 Å². The molecule has 430 valence electrons. The van der Waals surface area contributed by atoms with Crippen molar-refractivity contribution in [1.29, 1.82) is 0 Å². The number of fused-ring (bicyclic) bond motifs is 2. The molecule has 0 spiro atoms. The summed E-state index contributed by atoms with van der Waals surface area (Å²) >= 11 is 1.06. The lowest BCUT2D eigenvalue weighted by Crippen LogP contribution is -2.07. The van der Waals surface area contributed by atoms with E-state index in [0.29, 0.717) is 27.9 Å². The van der Waals surface area contributed by atoms with E-state index < -0.39 is 99.7 Å². The standard InChI is InChI=1S/C51H39N11O17S5/c1-3-79-41-25-38(60-59-37-17-9-26(2)19-42(37)83(73,74)75)35-23-32(81(67,68)69)15-16-34(35)45(41)61-62-46-43(84(76,77)78)21-27-20-33(82(70,71)72)24-39(44(27)47(46)64)53-50-54-49(55-51(56-50)80-31-7-5-4-6-8-31)52-28-10-12-29(13-11-28)57-58-30-14-18-40(63)36(22-30)48(65)66/h4-25,63-64H,3H2,1-2H3,(H,65,66)(H,67,68,69)(H,70,71,72)(H,73,74,75)(H,76,77,78)(H2,52,53,54,55,56). The maximum absolute atomic E-state index is 13.2. The Kier molecular flexibility index (Phi) is 16.5. The summed E-state index contributed by atoms with van der Waals surface area (Å²) < 4.78 is 148. The van der Waals surface area contributed by atoms with Gasteiger partial charge in [0.05, 0.1) is 39.1 Å². The summed E-state index contributed by atoms with van der Waals surface area (Å²) in [7, 11) is -20.4. The first-order valence-corrected chi connectivity index (χ1v) is 30.2. The molecular weight excluding hydrogens is 1200 g/mol. The number of azo groups is 3. The monoisotopic (exact) mass is 1240 g/mol. The first-order valence-electron chi connectivity index (χ1n) is 23.7. The zero-order valence-electron chi connectivity index (χ0n) is 42.7. The molecule has 1 heterocycles. The first kappa shape index (κ1) is 59.2. The molecule has 0 saturated carbocycles. The molecule has 0 aliphatic carbocycles. The molecule has 0 atom stereocenters. The topological polar surface area (TPSA) is 441 Å². The van der Waals surface area contributed by atoms with Crippen LogP contribution < -0.4 is 15.4 Å². The fourth-order valence-electron chi connectivity index (χ4n) is 7.92. The molecule has 0 amide bonds. The third-order valence-electron chi connectivity index (χ3n) is 11.7. The number of nitrogens with one attached hydrogen (secondary N) is 2. The van der Waals surface area contributed by atoms with E-state index >= 15 is 0 Å². The number of anilines is 4. The molecule has 9 aromatic rings. The third kappa shape index (κ3) is 13.6. The van der Waals surface area contributed by atoms with Crippen LogP contribution in [0.25, 0.3) is 21.5 Å². The van der Waals surface area contributed by atoms with E-state index in [-0.39, 0.29) is 68.5 Å². The van der Waals surface area contributed by atoms with E-state index in [1.807, 2.05) is 0 Å². The SMILES string of the molecule is CCOc1cc(N=Nc2ccc(C)cc2S(=O)(=O)O)c2cc(S(=O)(=O)O)ccc2c1N=Nc1c(S(=O)(=O)O)cc2cc(S(=O)(=O)O)cc(Nc3nc(Nc4ccc(N=Nc5ccc(O)c(C(=O)O)c5)cc4)nc(Sc4ccccc4)n3)c2c1O. The Balaban J connectivity index is 1.16. The number of hydrogen-bond donors (Lipinski definition) is 9. The molecular formula is C51H39N11O17S5. The number of aromatic carboxylic acids is 1. The fourth-order valence-corrected chi connectivity index (χ4v) is 11.1. The minimum atomic E-state index is -5.45. The number of ether oxygens (including phenoxy) is 1. The Bertz CT molecular complexity index is 4730. The average molecular weight is 1240 g/mol. The number of carbonyl (C=O) groups is 1. The van der Waals surface area contributed by atoms with Gasteiger partial charge >= 0.3 is 5.97 Å². The van der Waals surface area contributed by atoms with E-state index in [0.717, 1.165) is 66.4 Å². The van der Waals surface area contributed by atoms with E-state index in [1.54, 1.807) is 56.3 Å². The number of carboxylic acids is 1. The molecule has 9 N–H and O–H groups in total. The summed E-state index contributed by atoms with van der Waals surface area (Å²) in [5.41, 5.74) is -1.41. The number of aromatic nitrogens is 3. The van der Waals surface area contributed by atoms with Crippen molar-refractivity contribution in [3.63, 3.8) is 0 Å². The Hall–Kier alpha value is -9.45. The van der Waals surface area contributed by atoms with Gasteiger partial charge in [0, 0.05) is 32.8 Å². The number of carboxylic acid groups (broad SMARTS) is 1. The highest BCUT2D eigenvalue weighted by molar-refractivity contribution is 7.99. The zero-order valence-corrected chi connectivity index (χ0v) is 46.8. The summed E-state index contributed by atoms with van der Waals surface area (Å²) in [6.07, 6.45) is 0. The molecule has 9 rings (SSSR count). The van der Waals surface area contributed by atoms with Crippen molar-refractivity contribution in [3.05, 3.63) is 145 Å². The second kappa shape index (κ2) is 23.4. The van der Waals surface area contributed by atoms with Crippen molar-refractivity contribution < 1.29 is 76.7 Å². The van der Waals surface area contributed by atoms with Gasteiger partial charge in [0.2, 0.25) is 11.9 Å². The van der Waals surface area contributed by atoms with Crippen LogP contribution in [0.3, 0.4) is 0 Å². The lowest BCUT2D eigenvalue weighted by atomic mass is 10.1. The second-order valence-electron chi connectivity index (χ2n) is 17.5. The third-order valence-corrected chi connectivity index (χ3v) is 16.0. The van der Waals surface area contributed by atoms with Gasteiger partial charge in [-0.1, -0.05) is 30.3 Å². The van der Waals surface area contributed by atoms with Crippen molar-refractivity contribution in [3.8, 4) is 17.2 Å². The van der Waals surface area contributed by atoms with Gasteiger partial charge in [-0.2, -0.15) is 58.9 Å². The molecule has 0 radical (unpaired) electrons. The lowest BCUT2D eigenvalue weighted by molar-refractivity contribution is 0.0693. The molecule has 1 aromatic heterocycles. The number of phenols is 2. The van der Waals surface area contributed by atoms with Crippen LogP contribution in [0.4, 0.5) is 57.4 Å². The quantitative estimate of drug-likeness (QED) is 0.0268. The first-order chi connectivity index (χ1) is 39.6. The maximum Gasteiger partial charge on any atom is 0.339 e. The minimum absolute atomic E-state index is 0.0374. The van der Waals surface area contributed by atoms with Crippen LogP contribution in [0.15, 0.2) is 194 Å². The van der Waals surface area contributed by atoms with Gasteiger partial charge in [-0.15, -0.1) is 20.5 Å². The highest BCUT2D eigenvalue weighted by Crippen LogP contribution is 2.49. The van der Waals surface area contributed by atoms with Gasteiger partial charge in [-0.25, -0.2) is 4.79 Å². The van der Waals surface area contributed by atoms with Crippen molar-refractivity contribution >= 4 is 137 Å². The normalized spacial score (nSPS) is 12.5. The average Bonchev–Trinajstić information content (AvgIpc) is 1.76. The molecule has 0 aliphatic rings. The van der Waals surface area contributed by atoms with Crippen LogP contribution in [0.1, 0.15) is 22.8 Å². The molecule has 8 aromatic carbocycles. The second-order valence-corrected chi connectivity index (χ2v) is 24.1. The number of nitrogens with zero attached hydrogens (tertiary/aromatic N) is 9. The van der Waals surface area contributed by atoms with E-state index in [9.17, 15) is 72.0 Å². The van der Waals surface area contributed by atoms with Crippen molar-refractivity contribution in [2.75, 3.05) is 17.2 Å². The summed E-state index contributed by atoms with van der Waals surface area (Å²) in [4.78, 5) is 22.3. The Labute approximate surface area is 479 Å². The van der Waals surface area contributed by atoms with Crippen LogP contribution in [-0.4, -0.2) is 94.7 Å². The summed E-state index contributed by atoms with van der Waals surface area (Å²) in [6, 6.07) is 28.9. The number of rotatable bonds is 19. The molecule has 0 unspecified atom stereocenters. The Morgan fingerprint density at radius 1 is 0.583 bits per heavy atom. The van der Waals surface area contributed by atoms with Gasteiger partial charge in [-0.3, -0.25) is 18.2 Å². The minimum Gasteiger partial charge on any atom is -0.507 e. The van der Waals surface area contributed by atoms with Crippen molar-refractivity contribution in [2.45, 2.75) is 43.5 Å². The number of hydrogen-bond acceptors (Lipinski definition) is 24.